The molecule has 2 amide bonds. The molecule has 0 bridgehead atoms. The molecule has 0 aliphatic heterocycles. The Labute approximate surface area is 159 Å². The summed E-state index contributed by atoms with van der Waals surface area (Å²) in [4.78, 5) is 24.7. The van der Waals surface area contributed by atoms with Crippen LogP contribution in [0.5, 0.6) is 0 Å². The number of rotatable bonds is 3. The molecule has 2 heterocycles. The molecular formula is C21H16FN3O3. The highest BCUT2D eigenvalue weighted by Crippen LogP contribution is 2.22. The number of fused-ring (bicyclic) bond motifs is 1. The van der Waals surface area contributed by atoms with Crippen molar-refractivity contribution in [2.75, 3.05) is 0 Å². The van der Waals surface area contributed by atoms with E-state index in [-0.39, 0.29) is 11.6 Å². The van der Waals surface area contributed by atoms with Crippen molar-refractivity contribution in [2.45, 2.75) is 0 Å². The lowest BCUT2D eigenvalue weighted by atomic mass is 10.2. The summed E-state index contributed by atoms with van der Waals surface area (Å²) in [5.74, 6) is -0.940. The molecule has 0 saturated heterocycles. The molecule has 0 atom stereocenters. The Morgan fingerprint density at radius 1 is 0.929 bits per heavy atom. The van der Waals surface area contributed by atoms with Crippen molar-refractivity contribution >= 4 is 22.7 Å². The van der Waals surface area contributed by atoms with Crippen molar-refractivity contribution in [1.82, 2.24) is 15.4 Å². The summed E-state index contributed by atoms with van der Waals surface area (Å²) in [6, 6.07) is 16.3. The van der Waals surface area contributed by atoms with E-state index in [1.807, 2.05) is 35.9 Å². The first-order chi connectivity index (χ1) is 13.5. The maximum absolute atomic E-state index is 13.0. The summed E-state index contributed by atoms with van der Waals surface area (Å²) in [5.41, 5.74) is 6.74. The molecule has 0 aliphatic carbocycles. The Hall–Kier alpha value is -3.87. The minimum Gasteiger partial charge on any atom is -0.451 e. The lowest BCUT2D eigenvalue weighted by Crippen LogP contribution is -2.41. The summed E-state index contributed by atoms with van der Waals surface area (Å²) in [7, 11) is 1.84. The molecule has 2 aromatic carbocycles. The van der Waals surface area contributed by atoms with Crippen LogP contribution >= 0.6 is 0 Å². The Bertz CT molecular complexity index is 1180. The first kappa shape index (κ1) is 17.5. The number of hydrazine groups is 1. The summed E-state index contributed by atoms with van der Waals surface area (Å²) in [5, 5.41) is 0.786. The number of halogens is 1. The minimum absolute atomic E-state index is 0.0255. The molecule has 0 saturated carbocycles. The van der Waals surface area contributed by atoms with Crippen LogP contribution in [0.3, 0.4) is 0 Å². The van der Waals surface area contributed by atoms with Crippen molar-refractivity contribution < 1.29 is 18.4 Å². The zero-order valence-electron chi connectivity index (χ0n) is 14.9. The van der Waals surface area contributed by atoms with Crippen molar-refractivity contribution in [2.24, 2.45) is 7.05 Å². The van der Waals surface area contributed by atoms with Gasteiger partial charge >= 0.3 is 5.91 Å². The molecule has 6 nitrogen and oxygen atoms in total. The number of aromatic nitrogens is 1. The van der Waals surface area contributed by atoms with E-state index in [1.54, 1.807) is 24.4 Å². The number of nitrogens with zero attached hydrogens (tertiary/aromatic N) is 1. The molecule has 4 rings (SSSR count). The van der Waals surface area contributed by atoms with Gasteiger partial charge in [0.15, 0.2) is 5.76 Å². The van der Waals surface area contributed by atoms with Gasteiger partial charge in [0.2, 0.25) is 0 Å². The minimum atomic E-state index is -0.595. The third kappa shape index (κ3) is 3.25. The van der Waals surface area contributed by atoms with Gasteiger partial charge in [-0.1, -0.05) is 18.2 Å². The summed E-state index contributed by atoms with van der Waals surface area (Å²) in [6.07, 6.45) is 1.70. The van der Waals surface area contributed by atoms with E-state index in [2.05, 4.69) is 10.9 Å². The first-order valence-electron chi connectivity index (χ1n) is 8.53. The second kappa shape index (κ2) is 7.03. The third-order valence-corrected chi connectivity index (χ3v) is 4.39. The molecule has 28 heavy (non-hydrogen) atoms. The molecule has 4 aromatic rings. The van der Waals surface area contributed by atoms with Crippen LogP contribution in [0.2, 0.25) is 0 Å². The molecule has 7 heteroatoms. The van der Waals surface area contributed by atoms with Gasteiger partial charge in [-0.2, -0.15) is 0 Å². The van der Waals surface area contributed by atoms with Crippen molar-refractivity contribution in [1.29, 1.82) is 0 Å². The number of para-hydroxylation sites is 1. The highest BCUT2D eigenvalue weighted by molar-refractivity contribution is 6.07. The van der Waals surface area contributed by atoms with Gasteiger partial charge in [-0.3, -0.25) is 20.4 Å². The van der Waals surface area contributed by atoms with E-state index in [0.29, 0.717) is 16.9 Å². The topological polar surface area (TPSA) is 76.3 Å². The molecule has 0 aliphatic rings. The molecule has 0 spiro atoms. The largest absolute Gasteiger partial charge is 0.451 e. The predicted molar refractivity (Wildman–Crippen MR) is 102 cm³/mol. The molecule has 0 fully saturated rings. The van der Waals surface area contributed by atoms with Crippen LogP contribution in [0.4, 0.5) is 4.39 Å². The Balaban J connectivity index is 1.45. The van der Waals surface area contributed by atoms with Gasteiger partial charge in [0.1, 0.15) is 11.6 Å². The monoisotopic (exact) mass is 377 g/mol. The highest BCUT2D eigenvalue weighted by atomic mass is 19.1. The Kier molecular flexibility index (Phi) is 4.41. The van der Waals surface area contributed by atoms with Crippen LogP contribution in [0.1, 0.15) is 20.9 Å². The lowest BCUT2D eigenvalue weighted by molar-refractivity contribution is 0.0832. The average Bonchev–Trinajstić information content (AvgIpc) is 3.32. The number of carbonyl (C=O) groups excluding carboxylic acids is 2. The van der Waals surface area contributed by atoms with Gasteiger partial charge in [0.05, 0.1) is 5.56 Å². The number of nitrogens with one attached hydrogen (secondary N) is 2. The maximum Gasteiger partial charge on any atom is 0.305 e. The van der Waals surface area contributed by atoms with Crippen molar-refractivity contribution in [3.05, 3.63) is 84.0 Å². The van der Waals surface area contributed by atoms with Gasteiger partial charge in [-0.25, -0.2) is 4.39 Å². The van der Waals surface area contributed by atoms with Crippen LogP contribution in [0, 0.1) is 5.82 Å². The van der Waals surface area contributed by atoms with Crippen molar-refractivity contribution in [3.63, 3.8) is 0 Å². The number of furan rings is 1. The van der Waals surface area contributed by atoms with Crippen LogP contribution in [-0.4, -0.2) is 16.4 Å². The smallest absolute Gasteiger partial charge is 0.305 e. The number of carbonyl (C=O) groups is 2. The van der Waals surface area contributed by atoms with Crippen LogP contribution in [0.15, 0.2) is 71.3 Å². The third-order valence-electron chi connectivity index (χ3n) is 4.39. The molecule has 2 N–H and O–H groups in total. The van der Waals surface area contributed by atoms with Gasteiger partial charge < -0.3 is 8.98 Å². The lowest BCUT2D eigenvalue weighted by Gasteiger charge is -2.05. The summed E-state index contributed by atoms with van der Waals surface area (Å²) >= 11 is 0. The molecular weight excluding hydrogens is 361 g/mol. The van der Waals surface area contributed by atoms with Crippen LogP contribution < -0.4 is 10.9 Å². The fraction of sp³-hybridized carbons (Fsp3) is 0.0476. The normalized spacial score (nSPS) is 10.8. The second-order valence-corrected chi connectivity index (χ2v) is 6.25. The number of hydrogen-bond donors (Lipinski definition) is 2. The van der Waals surface area contributed by atoms with Crippen molar-refractivity contribution in [3.8, 4) is 11.3 Å². The number of aryl methyl sites for hydroxylation is 1. The van der Waals surface area contributed by atoms with Crippen LogP contribution in [-0.2, 0) is 7.05 Å². The van der Waals surface area contributed by atoms with Crippen LogP contribution in [0.25, 0.3) is 22.2 Å². The van der Waals surface area contributed by atoms with E-state index < -0.39 is 11.8 Å². The number of benzene rings is 2. The zero-order chi connectivity index (χ0) is 19.7. The number of hydrogen-bond acceptors (Lipinski definition) is 3. The average molecular weight is 377 g/mol. The van der Waals surface area contributed by atoms with E-state index in [0.717, 1.165) is 10.9 Å². The first-order valence-corrected chi connectivity index (χ1v) is 8.53. The van der Waals surface area contributed by atoms with E-state index in [9.17, 15) is 14.0 Å². The highest BCUT2D eigenvalue weighted by Gasteiger charge is 2.16. The van der Waals surface area contributed by atoms with Gasteiger partial charge in [-0.05, 0) is 42.5 Å². The van der Waals surface area contributed by atoms with Gasteiger partial charge in [-0.15, -0.1) is 0 Å². The Morgan fingerprint density at radius 2 is 1.64 bits per heavy atom. The SMILES string of the molecule is Cn1cc(C(=O)NNC(=O)c2ccc(-c3ccc(F)cc3)o2)c2ccccc21. The van der Waals surface area contributed by atoms with E-state index in [1.165, 1.54) is 18.2 Å². The number of amides is 2. The van der Waals surface area contributed by atoms with E-state index >= 15 is 0 Å². The summed E-state index contributed by atoms with van der Waals surface area (Å²) in [6.45, 7) is 0. The van der Waals surface area contributed by atoms with Gasteiger partial charge in [0.25, 0.3) is 5.91 Å². The standard InChI is InChI=1S/C21H16FN3O3/c1-25-12-16(15-4-2-3-5-17(15)25)20(26)23-24-21(27)19-11-10-18(28-19)13-6-8-14(22)9-7-13/h2-12H,1H3,(H,23,26)(H,24,27). The fourth-order valence-corrected chi connectivity index (χ4v) is 2.99. The molecule has 2 aromatic heterocycles. The zero-order valence-corrected chi connectivity index (χ0v) is 14.9. The summed E-state index contributed by atoms with van der Waals surface area (Å²) < 4.78 is 20.3. The fourth-order valence-electron chi connectivity index (χ4n) is 2.99. The quantitative estimate of drug-likeness (QED) is 0.535. The predicted octanol–water partition coefficient (Wildman–Crippen LogP) is 3.65. The Morgan fingerprint density at radius 3 is 2.43 bits per heavy atom. The maximum atomic E-state index is 13.0. The molecule has 0 radical (unpaired) electrons. The second-order valence-electron chi connectivity index (χ2n) is 6.25. The van der Waals surface area contributed by atoms with Gasteiger partial charge in [0, 0.05) is 29.7 Å². The molecule has 0 unspecified atom stereocenters. The molecule has 140 valence electrons. The van der Waals surface area contributed by atoms with E-state index in [4.69, 9.17) is 4.42 Å².